The lowest BCUT2D eigenvalue weighted by Crippen LogP contribution is -2.33. The van der Waals surface area contributed by atoms with E-state index in [4.69, 9.17) is 5.11 Å². The number of hydrogen-bond donors (Lipinski definition) is 1. The van der Waals surface area contributed by atoms with E-state index in [-0.39, 0.29) is 11.7 Å². The molecule has 0 unspecified atom stereocenters. The van der Waals surface area contributed by atoms with Crippen molar-refractivity contribution in [1.82, 2.24) is 4.31 Å². The highest BCUT2D eigenvalue weighted by Gasteiger charge is 2.32. The van der Waals surface area contributed by atoms with Gasteiger partial charge < -0.3 is 5.11 Å². The lowest BCUT2D eigenvalue weighted by molar-refractivity contribution is -0.143. The molecule has 1 heterocycles. The van der Waals surface area contributed by atoms with Gasteiger partial charge in [-0.3, -0.25) is 4.79 Å². The SMILES string of the molecule is O=C(O)C1CCC(CN2CCCS2(=O)=O)CC1. The molecular weight excluding hydrogens is 242 g/mol. The summed E-state index contributed by atoms with van der Waals surface area (Å²) < 4.78 is 24.9. The summed E-state index contributed by atoms with van der Waals surface area (Å²) in [5.74, 6) is -0.311. The topological polar surface area (TPSA) is 74.7 Å². The van der Waals surface area contributed by atoms with Crippen molar-refractivity contribution < 1.29 is 18.3 Å². The van der Waals surface area contributed by atoms with Crippen LogP contribution in [0.3, 0.4) is 0 Å². The van der Waals surface area contributed by atoms with Crippen molar-refractivity contribution in [2.75, 3.05) is 18.8 Å². The van der Waals surface area contributed by atoms with Crippen LogP contribution >= 0.6 is 0 Å². The first kappa shape index (κ1) is 12.8. The normalized spacial score (nSPS) is 33.6. The van der Waals surface area contributed by atoms with Gasteiger partial charge in [-0.2, -0.15) is 0 Å². The second kappa shape index (κ2) is 4.94. The molecule has 0 aromatic heterocycles. The quantitative estimate of drug-likeness (QED) is 0.819. The highest BCUT2D eigenvalue weighted by Crippen LogP contribution is 2.30. The molecule has 1 saturated heterocycles. The highest BCUT2D eigenvalue weighted by atomic mass is 32.2. The van der Waals surface area contributed by atoms with Gasteiger partial charge in [-0.25, -0.2) is 12.7 Å². The number of nitrogens with zero attached hydrogens (tertiary/aromatic N) is 1. The Balaban J connectivity index is 1.84. The molecule has 2 rings (SSSR count). The third-order valence-electron chi connectivity index (χ3n) is 3.86. The molecule has 5 nitrogen and oxygen atoms in total. The fourth-order valence-corrected chi connectivity index (χ4v) is 4.37. The van der Waals surface area contributed by atoms with Crippen LogP contribution in [0.1, 0.15) is 32.1 Å². The number of aliphatic carboxylic acids is 1. The summed E-state index contributed by atoms with van der Waals surface area (Å²) in [4.78, 5) is 10.8. The van der Waals surface area contributed by atoms with Crippen LogP contribution in [0.5, 0.6) is 0 Å². The first-order valence-corrected chi connectivity index (χ1v) is 7.80. The van der Waals surface area contributed by atoms with Crippen molar-refractivity contribution in [3.8, 4) is 0 Å². The maximum absolute atomic E-state index is 11.6. The van der Waals surface area contributed by atoms with Gasteiger partial charge in [-0.15, -0.1) is 0 Å². The van der Waals surface area contributed by atoms with E-state index in [1.54, 1.807) is 4.31 Å². The summed E-state index contributed by atoms with van der Waals surface area (Å²) in [6.45, 7) is 1.23. The Bertz CT molecular complexity index is 384. The molecule has 0 atom stereocenters. The van der Waals surface area contributed by atoms with Crippen LogP contribution in [0.15, 0.2) is 0 Å². The Kier molecular flexibility index (Phi) is 3.73. The van der Waals surface area contributed by atoms with Gasteiger partial charge in [0.25, 0.3) is 0 Å². The van der Waals surface area contributed by atoms with E-state index in [9.17, 15) is 13.2 Å². The van der Waals surface area contributed by atoms with Gasteiger partial charge in [0.15, 0.2) is 0 Å². The molecule has 1 aliphatic heterocycles. The van der Waals surface area contributed by atoms with Crippen molar-refractivity contribution in [3.05, 3.63) is 0 Å². The second-order valence-electron chi connectivity index (χ2n) is 5.08. The van der Waals surface area contributed by atoms with Crippen molar-refractivity contribution in [2.45, 2.75) is 32.1 Å². The smallest absolute Gasteiger partial charge is 0.306 e. The molecule has 98 valence electrons. The molecule has 1 N–H and O–H groups in total. The van der Waals surface area contributed by atoms with Gasteiger partial charge in [-0.1, -0.05) is 0 Å². The predicted octanol–water partition coefficient (Wildman–Crippen LogP) is 0.913. The van der Waals surface area contributed by atoms with Gasteiger partial charge in [-0.05, 0) is 38.0 Å². The van der Waals surface area contributed by atoms with Gasteiger partial charge >= 0.3 is 5.97 Å². The highest BCUT2D eigenvalue weighted by molar-refractivity contribution is 7.89. The molecule has 17 heavy (non-hydrogen) atoms. The minimum absolute atomic E-state index is 0.221. The van der Waals surface area contributed by atoms with Crippen LogP contribution in [0, 0.1) is 11.8 Å². The van der Waals surface area contributed by atoms with E-state index < -0.39 is 16.0 Å². The van der Waals surface area contributed by atoms with Crippen molar-refractivity contribution in [2.24, 2.45) is 11.8 Å². The van der Waals surface area contributed by atoms with Crippen molar-refractivity contribution in [3.63, 3.8) is 0 Å². The Morgan fingerprint density at radius 2 is 1.88 bits per heavy atom. The Hall–Kier alpha value is -0.620. The number of hydrogen-bond acceptors (Lipinski definition) is 3. The van der Waals surface area contributed by atoms with E-state index in [0.717, 1.165) is 19.3 Å². The molecule has 2 fully saturated rings. The summed E-state index contributed by atoms with van der Waals surface area (Å²) in [5.41, 5.74) is 0. The monoisotopic (exact) mass is 261 g/mol. The maximum Gasteiger partial charge on any atom is 0.306 e. The summed E-state index contributed by atoms with van der Waals surface area (Å²) >= 11 is 0. The van der Waals surface area contributed by atoms with Gasteiger partial charge in [0.1, 0.15) is 0 Å². The molecule has 0 aromatic carbocycles. The number of sulfonamides is 1. The van der Waals surface area contributed by atoms with Gasteiger partial charge in [0.05, 0.1) is 11.7 Å². The van der Waals surface area contributed by atoms with Crippen LogP contribution < -0.4 is 0 Å². The zero-order valence-corrected chi connectivity index (χ0v) is 10.7. The summed E-state index contributed by atoms with van der Waals surface area (Å²) in [6.07, 6.45) is 3.78. The van der Waals surface area contributed by atoms with Crippen molar-refractivity contribution >= 4 is 16.0 Å². The number of carboxylic acid groups (broad SMARTS) is 1. The molecule has 6 heteroatoms. The van der Waals surface area contributed by atoms with Crippen LogP contribution in [0.4, 0.5) is 0 Å². The number of rotatable bonds is 3. The van der Waals surface area contributed by atoms with Crippen LogP contribution in [0.2, 0.25) is 0 Å². The number of carboxylic acids is 1. The van der Waals surface area contributed by atoms with E-state index in [1.807, 2.05) is 0 Å². The molecule has 1 aliphatic carbocycles. The molecule has 0 radical (unpaired) electrons. The van der Waals surface area contributed by atoms with E-state index in [0.29, 0.717) is 31.8 Å². The number of carbonyl (C=O) groups is 1. The van der Waals surface area contributed by atoms with Gasteiger partial charge in [0, 0.05) is 13.1 Å². The minimum Gasteiger partial charge on any atom is -0.481 e. The minimum atomic E-state index is -3.00. The maximum atomic E-state index is 11.6. The molecule has 1 saturated carbocycles. The van der Waals surface area contributed by atoms with Crippen LogP contribution in [0.25, 0.3) is 0 Å². The van der Waals surface area contributed by atoms with E-state index >= 15 is 0 Å². The molecule has 0 aromatic rings. The average Bonchev–Trinajstić information content (AvgIpc) is 2.59. The molecule has 0 spiro atoms. The standard InChI is InChI=1S/C11H19NO4S/c13-11(14)10-4-2-9(3-5-10)8-12-6-1-7-17(12,15)16/h9-10H,1-8H2,(H,13,14). The van der Waals surface area contributed by atoms with Gasteiger partial charge in [0.2, 0.25) is 10.0 Å². The zero-order valence-electron chi connectivity index (χ0n) is 9.84. The van der Waals surface area contributed by atoms with E-state index in [2.05, 4.69) is 0 Å². The summed E-state index contributed by atoms with van der Waals surface area (Å²) in [5, 5.41) is 8.89. The lowest BCUT2D eigenvalue weighted by Gasteiger charge is -2.28. The lowest BCUT2D eigenvalue weighted by atomic mass is 9.82. The third-order valence-corrected chi connectivity index (χ3v) is 5.78. The van der Waals surface area contributed by atoms with Crippen LogP contribution in [-0.4, -0.2) is 42.6 Å². The largest absolute Gasteiger partial charge is 0.481 e. The first-order valence-electron chi connectivity index (χ1n) is 6.19. The first-order chi connectivity index (χ1) is 7.99. The van der Waals surface area contributed by atoms with E-state index in [1.165, 1.54) is 0 Å². The fraction of sp³-hybridized carbons (Fsp3) is 0.909. The molecular formula is C11H19NO4S. The Morgan fingerprint density at radius 3 is 2.35 bits per heavy atom. The molecule has 0 amide bonds. The summed E-state index contributed by atoms with van der Waals surface area (Å²) in [6, 6.07) is 0. The zero-order chi connectivity index (χ0) is 12.5. The fourth-order valence-electron chi connectivity index (χ4n) is 2.78. The molecule has 0 bridgehead atoms. The second-order valence-corrected chi connectivity index (χ2v) is 7.17. The Morgan fingerprint density at radius 1 is 1.24 bits per heavy atom. The van der Waals surface area contributed by atoms with Crippen molar-refractivity contribution in [1.29, 1.82) is 0 Å². The summed E-state index contributed by atoms with van der Waals surface area (Å²) in [7, 11) is -3.00. The molecule has 2 aliphatic rings. The third kappa shape index (κ3) is 2.98. The predicted molar refractivity (Wildman–Crippen MR) is 63.1 cm³/mol. The Labute approximate surface area is 102 Å². The van der Waals surface area contributed by atoms with Crippen LogP contribution in [-0.2, 0) is 14.8 Å². The average molecular weight is 261 g/mol.